The first-order valence-electron chi connectivity index (χ1n) is 11.6. The number of rotatable bonds is 7. The van der Waals surface area contributed by atoms with E-state index in [2.05, 4.69) is 41.0 Å². The molecular weight excluding hydrogens is 348 g/mol. The molecule has 4 nitrogen and oxygen atoms in total. The average Bonchev–Trinajstić information content (AvgIpc) is 2.66. The Kier molecular flexibility index (Phi) is 6.92. The fourth-order valence-electron chi connectivity index (χ4n) is 5.62. The molecule has 3 saturated heterocycles. The first-order valence-corrected chi connectivity index (χ1v) is 11.6. The van der Waals surface area contributed by atoms with Gasteiger partial charge in [0.15, 0.2) is 0 Å². The molecule has 4 rings (SSSR count). The maximum Gasteiger partial charge on any atom is 0.119 e. The van der Waals surface area contributed by atoms with Crippen LogP contribution < -0.4 is 4.74 Å². The van der Waals surface area contributed by atoms with Gasteiger partial charge in [0.25, 0.3) is 0 Å². The highest BCUT2D eigenvalue weighted by Crippen LogP contribution is 2.35. The zero-order valence-corrected chi connectivity index (χ0v) is 17.6. The molecule has 0 aromatic heterocycles. The summed E-state index contributed by atoms with van der Waals surface area (Å²) in [5.41, 5.74) is 1.34. The average molecular weight is 387 g/mol. The van der Waals surface area contributed by atoms with Crippen molar-refractivity contribution >= 4 is 0 Å². The molecule has 0 amide bonds. The molecule has 0 spiro atoms. The van der Waals surface area contributed by atoms with Crippen molar-refractivity contribution in [1.29, 1.82) is 0 Å². The van der Waals surface area contributed by atoms with Gasteiger partial charge >= 0.3 is 0 Å². The van der Waals surface area contributed by atoms with Crippen LogP contribution in [0.3, 0.4) is 0 Å². The Labute approximate surface area is 170 Å². The van der Waals surface area contributed by atoms with Crippen molar-refractivity contribution < 1.29 is 9.84 Å². The van der Waals surface area contributed by atoms with Gasteiger partial charge in [-0.15, -0.1) is 0 Å². The Bertz CT molecular complexity index is 608. The lowest BCUT2D eigenvalue weighted by Crippen LogP contribution is -2.52. The molecule has 2 bridgehead atoms. The first-order chi connectivity index (χ1) is 13.7. The van der Waals surface area contributed by atoms with Crippen LogP contribution in [0.1, 0.15) is 63.9 Å². The second kappa shape index (κ2) is 9.60. The van der Waals surface area contributed by atoms with E-state index in [0.717, 1.165) is 50.6 Å². The van der Waals surface area contributed by atoms with Crippen molar-refractivity contribution in [2.75, 3.05) is 26.2 Å². The maximum absolute atomic E-state index is 10.1. The minimum absolute atomic E-state index is 0.0934. The molecule has 0 radical (unpaired) electrons. The van der Waals surface area contributed by atoms with Gasteiger partial charge < -0.3 is 14.7 Å². The molecule has 3 fully saturated rings. The van der Waals surface area contributed by atoms with Crippen molar-refractivity contribution in [2.45, 2.75) is 83.0 Å². The third-order valence-electron chi connectivity index (χ3n) is 6.99. The molecule has 2 unspecified atom stereocenters. The van der Waals surface area contributed by atoms with E-state index in [4.69, 9.17) is 4.74 Å². The molecule has 156 valence electrons. The standard InChI is InChI=1S/C24H38N2O2/c1-19-6-4-11-25(17-19)12-5-13-28-24-10-2-7-20(14-24)18-26-21-8-3-9-22(26)16-23(27)15-21/h2,7,10,14,19,21-23,27H,3-6,8-9,11-13,15-18H2,1H3/t19?,21-,22+,23?. The second-order valence-corrected chi connectivity index (χ2v) is 9.43. The summed E-state index contributed by atoms with van der Waals surface area (Å²) < 4.78 is 6.08. The minimum Gasteiger partial charge on any atom is -0.494 e. The largest absolute Gasteiger partial charge is 0.494 e. The predicted octanol–water partition coefficient (Wildman–Crippen LogP) is 4.07. The molecule has 1 aromatic rings. The van der Waals surface area contributed by atoms with Crippen LogP contribution in [0, 0.1) is 5.92 Å². The number of ether oxygens (including phenoxy) is 1. The number of piperidine rings is 3. The molecule has 1 N–H and O–H groups in total. The zero-order valence-electron chi connectivity index (χ0n) is 17.6. The Morgan fingerprint density at radius 3 is 2.71 bits per heavy atom. The highest BCUT2D eigenvalue weighted by molar-refractivity contribution is 5.28. The number of aliphatic hydroxyl groups is 1. The lowest BCUT2D eigenvalue weighted by atomic mass is 9.82. The van der Waals surface area contributed by atoms with Gasteiger partial charge in [0, 0.05) is 31.7 Å². The van der Waals surface area contributed by atoms with Crippen LogP contribution >= 0.6 is 0 Å². The number of fused-ring (bicyclic) bond motifs is 2. The summed E-state index contributed by atoms with van der Waals surface area (Å²) >= 11 is 0. The fourth-order valence-corrected chi connectivity index (χ4v) is 5.62. The lowest BCUT2D eigenvalue weighted by Gasteiger charge is -2.47. The number of hydrogen-bond acceptors (Lipinski definition) is 4. The van der Waals surface area contributed by atoms with Crippen molar-refractivity contribution in [1.82, 2.24) is 9.80 Å². The van der Waals surface area contributed by atoms with Gasteiger partial charge in [-0.1, -0.05) is 25.5 Å². The Morgan fingerprint density at radius 2 is 1.93 bits per heavy atom. The molecule has 4 heteroatoms. The summed E-state index contributed by atoms with van der Waals surface area (Å²) in [6.45, 7) is 7.82. The number of aliphatic hydroxyl groups excluding tert-OH is 1. The molecular formula is C24H38N2O2. The van der Waals surface area contributed by atoms with Gasteiger partial charge in [0.1, 0.15) is 5.75 Å². The summed E-state index contributed by atoms with van der Waals surface area (Å²) in [4.78, 5) is 5.24. The van der Waals surface area contributed by atoms with Crippen molar-refractivity contribution in [3.8, 4) is 5.75 Å². The molecule has 3 heterocycles. The molecule has 4 atom stereocenters. The van der Waals surface area contributed by atoms with E-state index in [1.165, 1.54) is 50.8 Å². The number of nitrogens with zero attached hydrogens (tertiary/aromatic N) is 2. The Hall–Kier alpha value is -1.10. The van der Waals surface area contributed by atoms with Gasteiger partial charge in [0.05, 0.1) is 12.7 Å². The number of likely N-dealkylation sites (tertiary alicyclic amines) is 1. The van der Waals surface area contributed by atoms with E-state index in [9.17, 15) is 5.11 Å². The smallest absolute Gasteiger partial charge is 0.119 e. The summed E-state index contributed by atoms with van der Waals surface area (Å²) in [7, 11) is 0. The quantitative estimate of drug-likeness (QED) is 0.717. The molecule has 0 saturated carbocycles. The third kappa shape index (κ3) is 5.28. The van der Waals surface area contributed by atoms with E-state index in [-0.39, 0.29) is 6.10 Å². The lowest BCUT2D eigenvalue weighted by molar-refractivity contribution is -0.0312. The van der Waals surface area contributed by atoms with Gasteiger partial charge in [-0.2, -0.15) is 0 Å². The van der Waals surface area contributed by atoms with Gasteiger partial charge in [0.2, 0.25) is 0 Å². The van der Waals surface area contributed by atoms with Gasteiger partial charge in [-0.3, -0.25) is 4.90 Å². The van der Waals surface area contributed by atoms with Crippen LogP contribution in [0.15, 0.2) is 24.3 Å². The van der Waals surface area contributed by atoms with E-state index in [1.54, 1.807) is 0 Å². The van der Waals surface area contributed by atoms with E-state index < -0.39 is 0 Å². The Morgan fingerprint density at radius 1 is 1.11 bits per heavy atom. The van der Waals surface area contributed by atoms with Crippen molar-refractivity contribution in [3.05, 3.63) is 29.8 Å². The van der Waals surface area contributed by atoms with Crippen LogP contribution in [-0.2, 0) is 6.54 Å². The first kappa shape index (κ1) is 20.2. The van der Waals surface area contributed by atoms with Gasteiger partial charge in [-0.05, 0) is 75.1 Å². The summed E-state index contributed by atoms with van der Waals surface area (Å²) in [5.74, 6) is 1.86. The van der Waals surface area contributed by atoms with Crippen LogP contribution in [0.5, 0.6) is 5.75 Å². The summed E-state index contributed by atoms with van der Waals surface area (Å²) in [6, 6.07) is 9.78. The van der Waals surface area contributed by atoms with Crippen LogP contribution in [0.4, 0.5) is 0 Å². The normalized spacial score (nSPS) is 31.6. The van der Waals surface area contributed by atoms with Gasteiger partial charge in [-0.25, -0.2) is 0 Å². The monoisotopic (exact) mass is 386 g/mol. The molecule has 3 aliphatic heterocycles. The van der Waals surface area contributed by atoms with E-state index in [0.29, 0.717) is 12.1 Å². The highest BCUT2D eigenvalue weighted by atomic mass is 16.5. The fraction of sp³-hybridized carbons (Fsp3) is 0.750. The van der Waals surface area contributed by atoms with Crippen LogP contribution in [0.25, 0.3) is 0 Å². The molecule has 3 aliphatic rings. The van der Waals surface area contributed by atoms with E-state index in [1.807, 2.05) is 0 Å². The third-order valence-corrected chi connectivity index (χ3v) is 6.99. The van der Waals surface area contributed by atoms with E-state index >= 15 is 0 Å². The Balaban J connectivity index is 1.25. The van der Waals surface area contributed by atoms with Crippen LogP contribution in [0.2, 0.25) is 0 Å². The molecule has 1 aromatic carbocycles. The predicted molar refractivity (Wildman–Crippen MR) is 114 cm³/mol. The topological polar surface area (TPSA) is 35.9 Å². The number of hydrogen-bond donors (Lipinski definition) is 1. The minimum atomic E-state index is -0.0934. The highest BCUT2D eigenvalue weighted by Gasteiger charge is 2.37. The maximum atomic E-state index is 10.1. The second-order valence-electron chi connectivity index (χ2n) is 9.43. The molecule has 0 aliphatic carbocycles. The number of benzene rings is 1. The van der Waals surface area contributed by atoms with Crippen molar-refractivity contribution in [2.24, 2.45) is 5.92 Å². The molecule has 28 heavy (non-hydrogen) atoms. The summed E-state index contributed by atoms with van der Waals surface area (Å²) in [5, 5.41) is 10.1. The summed E-state index contributed by atoms with van der Waals surface area (Å²) in [6.07, 6.45) is 9.42. The van der Waals surface area contributed by atoms with Crippen LogP contribution in [-0.4, -0.2) is 59.3 Å². The zero-order chi connectivity index (χ0) is 19.3. The van der Waals surface area contributed by atoms with Crippen molar-refractivity contribution in [3.63, 3.8) is 0 Å². The SMILES string of the molecule is CC1CCCN(CCCOc2cccc(CN3[C@@H]4CCC[C@H]3CC(O)C4)c2)C1.